The second-order valence-corrected chi connectivity index (χ2v) is 6.93. The summed E-state index contributed by atoms with van der Waals surface area (Å²) in [4.78, 5) is 18.1. The van der Waals surface area contributed by atoms with Gasteiger partial charge >= 0.3 is 0 Å². The summed E-state index contributed by atoms with van der Waals surface area (Å²) in [6, 6.07) is 11.8. The van der Waals surface area contributed by atoms with Crippen LogP contribution >= 0.6 is 35.3 Å². The zero-order valence-corrected chi connectivity index (χ0v) is 18.8. The molecule has 27 heavy (non-hydrogen) atoms. The van der Waals surface area contributed by atoms with Crippen LogP contribution in [0.1, 0.15) is 29.2 Å². The number of rotatable bonds is 9. The molecule has 2 aromatic rings. The lowest BCUT2D eigenvalue weighted by Gasteiger charge is -2.11. The molecule has 0 saturated heterocycles. The van der Waals surface area contributed by atoms with Gasteiger partial charge in [-0.3, -0.25) is 4.79 Å². The van der Waals surface area contributed by atoms with Gasteiger partial charge in [0.05, 0.1) is 13.1 Å². The second kappa shape index (κ2) is 12.6. The molecule has 0 unspecified atom stereocenters. The van der Waals surface area contributed by atoms with Crippen molar-refractivity contribution in [2.75, 3.05) is 13.2 Å². The molecule has 0 aliphatic rings. The molecule has 0 radical (unpaired) electrons. The smallest absolute Gasteiger partial charge is 0.255 e. The lowest BCUT2D eigenvalue weighted by atomic mass is 10.2. The van der Waals surface area contributed by atoms with Gasteiger partial charge in [0.1, 0.15) is 5.75 Å². The van der Waals surface area contributed by atoms with Gasteiger partial charge in [0.2, 0.25) is 0 Å². The van der Waals surface area contributed by atoms with Gasteiger partial charge in [-0.15, -0.1) is 35.3 Å². The Morgan fingerprint density at radius 2 is 1.96 bits per heavy atom. The molecule has 0 spiro atoms. The highest BCUT2D eigenvalue weighted by atomic mass is 127. The zero-order chi connectivity index (χ0) is 18.8. The van der Waals surface area contributed by atoms with Crippen molar-refractivity contribution in [3.8, 4) is 5.75 Å². The summed E-state index contributed by atoms with van der Waals surface area (Å²) in [5, 5.41) is 6.61. The molecule has 0 aliphatic carbocycles. The van der Waals surface area contributed by atoms with Crippen LogP contribution in [-0.4, -0.2) is 25.0 Å². The number of aliphatic imine (C=N–C) groups is 1. The third kappa shape index (κ3) is 8.61. The molecule has 0 bridgehead atoms. The number of carbonyl (C=O) groups excluding carboxylic acids is 1. The number of nitrogens with zero attached hydrogens (tertiary/aromatic N) is 1. The van der Waals surface area contributed by atoms with Crippen molar-refractivity contribution >= 4 is 47.2 Å². The fourth-order valence-electron chi connectivity index (χ4n) is 2.28. The van der Waals surface area contributed by atoms with Crippen molar-refractivity contribution in [2.24, 2.45) is 10.7 Å². The first-order chi connectivity index (χ1) is 12.6. The average molecular weight is 502 g/mol. The summed E-state index contributed by atoms with van der Waals surface area (Å²) in [5.74, 6) is 0.884. The molecule has 1 amide bonds. The van der Waals surface area contributed by atoms with Crippen molar-refractivity contribution < 1.29 is 9.53 Å². The van der Waals surface area contributed by atoms with Crippen LogP contribution in [0.15, 0.2) is 41.4 Å². The highest BCUT2D eigenvalue weighted by Gasteiger charge is 2.03. The number of benzene rings is 1. The first-order valence-corrected chi connectivity index (χ1v) is 9.52. The predicted molar refractivity (Wildman–Crippen MR) is 122 cm³/mol. The van der Waals surface area contributed by atoms with Crippen LogP contribution in [0.3, 0.4) is 0 Å². The summed E-state index contributed by atoms with van der Waals surface area (Å²) >= 11 is 1.82. The van der Waals surface area contributed by atoms with Crippen molar-refractivity contribution in [1.82, 2.24) is 10.6 Å². The molecule has 8 heteroatoms. The molecule has 0 atom stereocenters. The van der Waals surface area contributed by atoms with Gasteiger partial charge in [0, 0.05) is 16.3 Å². The van der Waals surface area contributed by atoms with Crippen LogP contribution in [0, 0.1) is 0 Å². The van der Waals surface area contributed by atoms with Crippen LogP contribution in [0.4, 0.5) is 0 Å². The Hall–Kier alpha value is -1.81. The number of carbonyl (C=O) groups is 1. The predicted octanol–water partition coefficient (Wildman–Crippen LogP) is 3.05. The Kier molecular flexibility index (Phi) is 10.8. The number of amides is 1. The lowest BCUT2D eigenvalue weighted by molar-refractivity contribution is -0.119. The maximum absolute atomic E-state index is 10.8. The van der Waals surface area contributed by atoms with E-state index >= 15 is 0 Å². The van der Waals surface area contributed by atoms with E-state index in [2.05, 4.69) is 34.7 Å². The summed E-state index contributed by atoms with van der Waals surface area (Å²) in [6.07, 6.45) is 1.06. The third-order valence-electron chi connectivity index (χ3n) is 3.54. The van der Waals surface area contributed by atoms with Crippen molar-refractivity contribution in [2.45, 2.75) is 33.4 Å². The summed E-state index contributed by atoms with van der Waals surface area (Å²) in [6.45, 7) is 6.12. The maximum atomic E-state index is 10.8. The number of nitrogens with one attached hydrogen (secondary N) is 2. The van der Waals surface area contributed by atoms with Gasteiger partial charge in [-0.25, -0.2) is 4.99 Å². The molecule has 1 aromatic carbocycles. The van der Waals surface area contributed by atoms with Gasteiger partial charge < -0.3 is 21.1 Å². The van der Waals surface area contributed by atoms with Crippen molar-refractivity contribution in [3.05, 3.63) is 51.7 Å². The molecule has 2 rings (SSSR count). The maximum Gasteiger partial charge on any atom is 0.255 e. The standard InChI is InChI=1S/C19H26N4O2S.HI/c1-3-16-8-9-17(26-16)12-23-19(21-4-2)22-11-14-6-5-7-15(10-14)25-13-18(20)24;/h5-10H,3-4,11-13H2,1-2H3,(H2,20,24)(H2,21,22,23);1H. The fraction of sp³-hybridized carbons (Fsp3) is 0.368. The fourth-order valence-corrected chi connectivity index (χ4v) is 3.18. The Labute approximate surface area is 181 Å². The molecule has 1 heterocycles. The van der Waals surface area contributed by atoms with E-state index in [-0.39, 0.29) is 30.6 Å². The Balaban J connectivity index is 0.00000364. The molecule has 1 aromatic heterocycles. The van der Waals surface area contributed by atoms with Crippen LogP contribution in [0.5, 0.6) is 5.75 Å². The Bertz CT molecular complexity index is 749. The second-order valence-electron chi connectivity index (χ2n) is 5.67. The molecular formula is C19H27IN4O2S. The van der Waals surface area contributed by atoms with E-state index in [1.807, 2.05) is 36.5 Å². The topological polar surface area (TPSA) is 88.7 Å². The van der Waals surface area contributed by atoms with Gasteiger partial charge in [0.25, 0.3) is 5.91 Å². The van der Waals surface area contributed by atoms with Crippen molar-refractivity contribution in [1.29, 1.82) is 0 Å². The molecule has 0 saturated carbocycles. The first kappa shape index (κ1) is 23.2. The zero-order valence-electron chi connectivity index (χ0n) is 15.7. The number of ether oxygens (including phenoxy) is 1. The molecule has 0 aliphatic heterocycles. The molecule has 148 valence electrons. The first-order valence-electron chi connectivity index (χ1n) is 8.70. The largest absolute Gasteiger partial charge is 0.484 e. The Morgan fingerprint density at radius 1 is 1.19 bits per heavy atom. The number of aryl methyl sites for hydroxylation is 1. The van der Waals surface area contributed by atoms with Crippen molar-refractivity contribution in [3.63, 3.8) is 0 Å². The SMILES string of the molecule is CCNC(=NCc1cccc(OCC(N)=O)c1)NCc1ccc(CC)s1.I. The van der Waals surface area contributed by atoms with Gasteiger partial charge in [-0.1, -0.05) is 19.1 Å². The monoisotopic (exact) mass is 502 g/mol. The van der Waals surface area contributed by atoms with Crippen LogP contribution < -0.4 is 21.1 Å². The quantitative estimate of drug-likeness (QED) is 0.280. The molecule has 4 N–H and O–H groups in total. The van der Waals surface area contributed by atoms with E-state index < -0.39 is 5.91 Å². The van der Waals surface area contributed by atoms with E-state index in [1.54, 1.807) is 6.07 Å². The van der Waals surface area contributed by atoms with Crippen LogP contribution in [-0.2, 0) is 24.3 Å². The summed E-state index contributed by atoms with van der Waals surface area (Å²) in [5.41, 5.74) is 6.09. The van der Waals surface area contributed by atoms with Crippen LogP contribution in [0.25, 0.3) is 0 Å². The number of hydrogen-bond donors (Lipinski definition) is 3. The normalized spacial score (nSPS) is 10.8. The van der Waals surface area contributed by atoms with E-state index in [4.69, 9.17) is 10.5 Å². The number of nitrogens with two attached hydrogens (primary N) is 1. The average Bonchev–Trinajstić information content (AvgIpc) is 3.11. The number of guanidine groups is 1. The highest BCUT2D eigenvalue weighted by Crippen LogP contribution is 2.16. The van der Waals surface area contributed by atoms with E-state index in [0.717, 1.165) is 31.0 Å². The third-order valence-corrected chi connectivity index (χ3v) is 4.77. The summed E-state index contributed by atoms with van der Waals surface area (Å²) in [7, 11) is 0. The number of halogens is 1. The minimum absolute atomic E-state index is 0. The lowest BCUT2D eigenvalue weighted by Crippen LogP contribution is -2.36. The van der Waals surface area contributed by atoms with E-state index in [9.17, 15) is 4.79 Å². The molecule has 6 nitrogen and oxygen atoms in total. The highest BCUT2D eigenvalue weighted by molar-refractivity contribution is 14.0. The van der Waals surface area contributed by atoms with Gasteiger partial charge in [-0.05, 0) is 43.2 Å². The van der Waals surface area contributed by atoms with E-state index in [0.29, 0.717) is 12.3 Å². The molecular weight excluding hydrogens is 475 g/mol. The van der Waals surface area contributed by atoms with E-state index in [1.165, 1.54) is 9.75 Å². The van der Waals surface area contributed by atoms with Gasteiger partial charge in [0.15, 0.2) is 12.6 Å². The Morgan fingerprint density at radius 3 is 2.63 bits per heavy atom. The van der Waals surface area contributed by atoms with Crippen LogP contribution in [0.2, 0.25) is 0 Å². The van der Waals surface area contributed by atoms with Gasteiger partial charge in [-0.2, -0.15) is 0 Å². The number of thiophene rings is 1. The number of hydrogen-bond acceptors (Lipinski definition) is 4. The minimum Gasteiger partial charge on any atom is -0.484 e. The summed E-state index contributed by atoms with van der Waals surface area (Å²) < 4.78 is 5.33. The molecule has 0 fully saturated rings. The minimum atomic E-state index is -0.494. The number of primary amides is 1.